The van der Waals surface area contributed by atoms with Gasteiger partial charge >= 0.3 is 5.97 Å². The average Bonchev–Trinajstić information content (AvgIpc) is 3.30. The van der Waals surface area contributed by atoms with Crippen LogP contribution in [-0.4, -0.2) is 60.8 Å². The maximum atomic E-state index is 14.5. The van der Waals surface area contributed by atoms with E-state index in [4.69, 9.17) is 9.47 Å². The second-order valence-corrected chi connectivity index (χ2v) is 8.58. The average molecular weight is 468 g/mol. The Morgan fingerprint density at radius 3 is 2.62 bits per heavy atom. The zero-order valence-electron chi connectivity index (χ0n) is 19.6. The van der Waals surface area contributed by atoms with Crippen molar-refractivity contribution < 1.29 is 23.5 Å². The van der Waals surface area contributed by atoms with Crippen molar-refractivity contribution in [3.05, 3.63) is 65.5 Å². The summed E-state index contributed by atoms with van der Waals surface area (Å²) in [6, 6.07) is 13.6. The molecule has 2 aliphatic rings. The predicted octanol–water partition coefficient (Wildman–Crippen LogP) is 3.79. The normalized spacial score (nSPS) is 20.7. The van der Waals surface area contributed by atoms with E-state index in [-0.39, 0.29) is 36.2 Å². The van der Waals surface area contributed by atoms with Crippen LogP contribution in [0.5, 0.6) is 5.75 Å². The first-order chi connectivity index (χ1) is 16.5. The number of hydrogen-bond acceptors (Lipinski definition) is 6. The van der Waals surface area contributed by atoms with E-state index in [1.807, 2.05) is 29.2 Å². The molecule has 1 amide bonds. The number of likely N-dealkylation sites (tertiary alicyclic amines) is 1. The predicted molar refractivity (Wildman–Crippen MR) is 126 cm³/mol. The number of hydrogen-bond donors (Lipinski definition) is 0. The lowest BCUT2D eigenvalue weighted by molar-refractivity contribution is -0.150. The zero-order chi connectivity index (χ0) is 24.1. The lowest BCUT2D eigenvalue weighted by atomic mass is 9.97. The second kappa shape index (κ2) is 10.8. The molecule has 0 aromatic heterocycles. The summed E-state index contributed by atoms with van der Waals surface area (Å²) in [7, 11) is 1.60. The summed E-state index contributed by atoms with van der Waals surface area (Å²) in [5, 5.41) is 6.05. The SMILES string of the molecule is CCOC(=O)[C@H]1CCCN(CC(=O)N2N=C(c3ccccc3F)C[C@H]2c2ccc(OC)cc2)C1. The summed E-state index contributed by atoms with van der Waals surface area (Å²) in [6.45, 7) is 3.48. The van der Waals surface area contributed by atoms with Crippen molar-refractivity contribution >= 4 is 17.6 Å². The van der Waals surface area contributed by atoms with Crippen LogP contribution in [0.25, 0.3) is 0 Å². The fourth-order valence-electron chi connectivity index (χ4n) is 4.60. The van der Waals surface area contributed by atoms with Crippen molar-refractivity contribution in [3.8, 4) is 5.75 Å². The first-order valence-corrected chi connectivity index (χ1v) is 11.7. The molecule has 2 aromatic rings. The molecule has 0 bridgehead atoms. The molecule has 34 heavy (non-hydrogen) atoms. The minimum absolute atomic E-state index is 0.136. The number of nitrogens with zero attached hydrogens (tertiary/aromatic N) is 3. The first kappa shape index (κ1) is 23.9. The van der Waals surface area contributed by atoms with Crippen LogP contribution < -0.4 is 4.74 Å². The molecule has 0 radical (unpaired) electrons. The van der Waals surface area contributed by atoms with Gasteiger partial charge in [-0.05, 0) is 50.1 Å². The summed E-state index contributed by atoms with van der Waals surface area (Å²) >= 11 is 0. The molecule has 0 unspecified atom stereocenters. The van der Waals surface area contributed by atoms with Gasteiger partial charge in [0.1, 0.15) is 11.6 Å². The summed E-state index contributed by atoms with van der Waals surface area (Å²) in [5.41, 5.74) is 1.83. The van der Waals surface area contributed by atoms with E-state index in [9.17, 15) is 14.0 Å². The Hall–Kier alpha value is -3.26. The highest BCUT2D eigenvalue weighted by Gasteiger charge is 2.36. The molecule has 0 spiro atoms. The largest absolute Gasteiger partial charge is 0.497 e. The highest BCUT2D eigenvalue weighted by atomic mass is 19.1. The lowest BCUT2D eigenvalue weighted by Crippen LogP contribution is -2.44. The molecule has 2 aliphatic heterocycles. The van der Waals surface area contributed by atoms with E-state index in [0.717, 1.165) is 24.9 Å². The topological polar surface area (TPSA) is 71.4 Å². The van der Waals surface area contributed by atoms with Crippen molar-refractivity contribution in [2.45, 2.75) is 32.2 Å². The molecule has 0 N–H and O–H groups in total. The number of rotatable bonds is 7. The van der Waals surface area contributed by atoms with Crippen LogP contribution in [-0.2, 0) is 14.3 Å². The van der Waals surface area contributed by atoms with Gasteiger partial charge in [-0.3, -0.25) is 14.5 Å². The van der Waals surface area contributed by atoms with Gasteiger partial charge in [-0.25, -0.2) is 9.40 Å². The molecule has 2 atom stereocenters. The van der Waals surface area contributed by atoms with Crippen molar-refractivity contribution in [1.29, 1.82) is 0 Å². The zero-order valence-corrected chi connectivity index (χ0v) is 19.6. The van der Waals surface area contributed by atoms with Crippen molar-refractivity contribution in [2.75, 3.05) is 33.4 Å². The maximum absolute atomic E-state index is 14.5. The highest BCUT2D eigenvalue weighted by Crippen LogP contribution is 2.34. The molecular formula is C26H30FN3O4. The minimum Gasteiger partial charge on any atom is -0.497 e. The Kier molecular flexibility index (Phi) is 7.57. The number of carbonyl (C=O) groups is 2. The molecule has 2 aromatic carbocycles. The number of piperidine rings is 1. The molecule has 8 heteroatoms. The van der Waals surface area contributed by atoms with Gasteiger partial charge in [0.2, 0.25) is 0 Å². The van der Waals surface area contributed by atoms with Crippen LogP contribution in [0.2, 0.25) is 0 Å². The number of halogens is 1. The van der Waals surface area contributed by atoms with Gasteiger partial charge in [0.15, 0.2) is 0 Å². The Bertz CT molecular complexity index is 1060. The molecule has 7 nitrogen and oxygen atoms in total. The summed E-state index contributed by atoms with van der Waals surface area (Å²) in [4.78, 5) is 27.6. The molecule has 1 saturated heterocycles. The van der Waals surface area contributed by atoms with Crippen LogP contribution in [0.3, 0.4) is 0 Å². The fraction of sp³-hybridized carbons (Fsp3) is 0.423. The van der Waals surface area contributed by atoms with Gasteiger partial charge in [0.05, 0.1) is 37.9 Å². The van der Waals surface area contributed by atoms with Gasteiger partial charge in [0, 0.05) is 18.5 Å². The number of esters is 1. The van der Waals surface area contributed by atoms with Crippen LogP contribution in [0.1, 0.15) is 43.4 Å². The Labute approximate surface area is 199 Å². The van der Waals surface area contributed by atoms with Crippen molar-refractivity contribution in [1.82, 2.24) is 9.91 Å². The molecule has 1 fully saturated rings. The van der Waals surface area contributed by atoms with Crippen LogP contribution in [0.15, 0.2) is 53.6 Å². The lowest BCUT2D eigenvalue weighted by Gasteiger charge is -2.32. The Balaban J connectivity index is 1.55. The van der Waals surface area contributed by atoms with Gasteiger partial charge in [-0.15, -0.1) is 0 Å². The van der Waals surface area contributed by atoms with E-state index in [1.165, 1.54) is 11.1 Å². The number of hydrazone groups is 1. The third-order valence-electron chi connectivity index (χ3n) is 6.34. The molecule has 0 saturated carbocycles. The molecular weight excluding hydrogens is 437 g/mol. The smallest absolute Gasteiger partial charge is 0.310 e. The summed E-state index contributed by atoms with van der Waals surface area (Å²) < 4.78 is 24.9. The maximum Gasteiger partial charge on any atom is 0.310 e. The van der Waals surface area contributed by atoms with Crippen molar-refractivity contribution in [2.24, 2.45) is 11.0 Å². The number of amides is 1. The van der Waals surface area contributed by atoms with Crippen molar-refractivity contribution in [3.63, 3.8) is 0 Å². The second-order valence-electron chi connectivity index (χ2n) is 8.58. The summed E-state index contributed by atoms with van der Waals surface area (Å²) in [6.07, 6.45) is 1.99. The molecule has 0 aliphatic carbocycles. The first-order valence-electron chi connectivity index (χ1n) is 11.7. The number of carbonyl (C=O) groups excluding carboxylic acids is 2. The Morgan fingerprint density at radius 2 is 1.91 bits per heavy atom. The fourth-order valence-corrected chi connectivity index (χ4v) is 4.60. The van der Waals surface area contributed by atoms with Crippen LogP contribution in [0, 0.1) is 11.7 Å². The van der Waals surface area contributed by atoms with Gasteiger partial charge in [-0.2, -0.15) is 5.10 Å². The minimum atomic E-state index is -0.364. The quantitative estimate of drug-likeness (QED) is 0.580. The monoisotopic (exact) mass is 467 g/mol. The van der Waals surface area contributed by atoms with Gasteiger partial charge < -0.3 is 9.47 Å². The van der Waals surface area contributed by atoms with Crippen LogP contribution >= 0.6 is 0 Å². The standard InChI is InChI=1S/C26H30FN3O4/c1-3-34-26(32)19-7-6-14-29(16-19)17-25(31)30-24(18-10-12-20(33-2)13-11-18)15-23(28-30)21-8-4-5-9-22(21)27/h4-5,8-13,19,24H,3,6-7,14-17H2,1-2H3/t19-,24-/m0/s1. The number of benzene rings is 2. The van der Waals surface area contributed by atoms with E-state index >= 15 is 0 Å². The van der Waals surface area contributed by atoms with E-state index in [1.54, 1.807) is 32.2 Å². The highest BCUT2D eigenvalue weighted by molar-refractivity contribution is 6.03. The van der Waals surface area contributed by atoms with E-state index in [0.29, 0.717) is 36.6 Å². The van der Waals surface area contributed by atoms with E-state index in [2.05, 4.69) is 5.10 Å². The van der Waals surface area contributed by atoms with E-state index < -0.39 is 0 Å². The molecule has 2 heterocycles. The molecule has 4 rings (SSSR count). The third-order valence-corrected chi connectivity index (χ3v) is 6.34. The van der Waals surface area contributed by atoms with Gasteiger partial charge in [0.25, 0.3) is 5.91 Å². The molecule has 180 valence electrons. The summed E-state index contributed by atoms with van der Waals surface area (Å²) in [5.74, 6) is -0.270. The number of ether oxygens (including phenoxy) is 2. The van der Waals surface area contributed by atoms with Gasteiger partial charge in [-0.1, -0.05) is 30.3 Å². The number of methoxy groups -OCH3 is 1. The van der Waals surface area contributed by atoms with Crippen LogP contribution in [0.4, 0.5) is 4.39 Å². The Morgan fingerprint density at radius 1 is 1.15 bits per heavy atom. The third kappa shape index (κ3) is 5.28.